The number of Topliss-reactive ketones (excluding diaryl/α,β-unsaturated/α-hetero) is 1. The van der Waals surface area contributed by atoms with E-state index in [9.17, 15) is 14.4 Å². The number of piperidine rings is 1. The topological polar surface area (TPSA) is 88.2 Å². The molecule has 1 saturated carbocycles. The normalized spacial score (nSPS) is 28.8. The van der Waals surface area contributed by atoms with Crippen molar-refractivity contribution in [2.45, 2.75) is 81.6 Å². The van der Waals surface area contributed by atoms with Crippen molar-refractivity contribution in [3.05, 3.63) is 35.4 Å². The van der Waals surface area contributed by atoms with Crippen molar-refractivity contribution < 1.29 is 23.9 Å². The van der Waals surface area contributed by atoms with Gasteiger partial charge in [-0.1, -0.05) is 31.4 Å². The number of benzene rings is 1. The fraction of sp³-hybridized carbons (Fsp3) is 0.679. The van der Waals surface area contributed by atoms with Gasteiger partial charge in [-0.05, 0) is 76.4 Å². The number of ether oxygens (including phenoxy) is 2. The summed E-state index contributed by atoms with van der Waals surface area (Å²) in [5.41, 5.74) is 0.834. The molecule has 3 saturated heterocycles. The van der Waals surface area contributed by atoms with Gasteiger partial charge in [0.2, 0.25) is 5.91 Å². The Bertz CT molecular complexity index is 966. The molecule has 3 heterocycles. The van der Waals surface area contributed by atoms with Gasteiger partial charge >= 0.3 is 0 Å². The van der Waals surface area contributed by atoms with Crippen LogP contribution in [0.25, 0.3) is 0 Å². The number of rotatable bonds is 6. The Hall–Kier alpha value is -2.29. The molecule has 0 aromatic heterocycles. The zero-order chi connectivity index (χ0) is 25.3. The number of hydrogen-bond acceptors (Lipinski definition) is 6. The zero-order valence-corrected chi connectivity index (χ0v) is 21.5. The highest BCUT2D eigenvalue weighted by Crippen LogP contribution is 2.36. The van der Waals surface area contributed by atoms with E-state index in [1.165, 1.54) is 5.56 Å². The van der Waals surface area contributed by atoms with Gasteiger partial charge in [-0.25, -0.2) is 0 Å². The van der Waals surface area contributed by atoms with Crippen molar-refractivity contribution in [3.63, 3.8) is 0 Å². The molecule has 2 amide bonds. The fourth-order valence-electron chi connectivity index (χ4n) is 6.54. The lowest BCUT2D eigenvalue weighted by Crippen LogP contribution is -2.62. The molecule has 5 rings (SSSR count). The molecule has 8 heteroatoms. The van der Waals surface area contributed by atoms with Gasteiger partial charge in [0.15, 0.2) is 5.78 Å². The second-order valence-electron chi connectivity index (χ2n) is 10.9. The number of hydrogen-bond donors (Lipinski definition) is 1. The van der Waals surface area contributed by atoms with Crippen molar-refractivity contribution in [1.82, 2.24) is 15.1 Å². The second-order valence-corrected chi connectivity index (χ2v) is 10.9. The molecule has 1 aliphatic carbocycles. The second kappa shape index (κ2) is 10.6. The van der Waals surface area contributed by atoms with E-state index in [0.29, 0.717) is 37.5 Å². The summed E-state index contributed by atoms with van der Waals surface area (Å²) >= 11 is 0. The minimum atomic E-state index is -1.00. The van der Waals surface area contributed by atoms with E-state index in [1.807, 2.05) is 19.1 Å². The Kier molecular flexibility index (Phi) is 7.47. The molecule has 1 aromatic carbocycles. The van der Waals surface area contributed by atoms with Crippen LogP contribution in [0.15, 0.2) is 24.3 Å². The summed E-state index contributed by atoms with van der Waals surface area (Å²) in [6.07, 6.45) is 5.42. The molecule has 4 aliphatic rings. The standard InChI is InChI=1S/C28H39N3O5/c1-3-35-23-17-31(24-22(32)18-36-25(23)24)27(34)28(13-5-4-6-14-28)29-26(33)21-9-7-19(8-10-21)20-11-15-30(2)16-12-20/h7-10,20,23-25H,3-6,11-18H2,1-2H3,(H,29,33)/t23-,24+,25+/m0/s1. The Labute approximate surface area is 213 Å². The van der Waals surface area contributed by atoms with Crippen LogP contribution in [0.5, 0.6) is 0 Å². The van der Waals surface area contributed by atoms with Crippen LogP contribution in [-0.4, -0.2) is 91.1 Å². The molecule has 0 bridgehead atoms. The minimum Gasteiger partial charge on any atom is -0.374 e. The van der Waals surface area contributed by atoms with Crippen molar-refractivity contribution in [1.29, 1.82) is 0 Å². The Morgan fingerprint density at radius 2 is 1.81 bits per heavy atom. The predicted molar refractivity (Wildman–Crippen MR) is 135 cm³/mol. The zero-order valence-electron chi connectivity index (χ0n) is 21.5. The largest absolute Gasteiger partial charge is 0.374 e. The van der Waals surface area contributed by atoms with E-state index in [0.717, 1.165) is 45.2 Å². The van der Waals surface area contributed by atoms with Gasteiger partial charge in [0.05, 0.1) is 6.54 Å². The van der Waals surface area contributed by atoms with Crippen LogP contribution < -0.4 is 5.32 Å². The number of nitrogens with zero attached hydrogens (tertiary/aromatic N) is 2. The third-order valence-corrected chi connectivity index (χ3v) is 8.61. The minimum absolute atomic E-state index is 0.00563. The summed E-state index contributed by atoms with van der Waals surface area (Å²) in [6.45, 7) is 4.89. The molecule has 0 unspecified atom stereocenters. The first-order valence-electron chi connectivity index (χ1n) is 13.6. The number of fused-ring (bicyclic) bond motifs is 1. The smallest absolute Gasteiger partial charge is 0.252 e. The van der Waals surface area contributed by atoms with Crippen LogP contribution >= 0.6 is 0 Å². The van der Waals surface area contributed by atoms with Crippen molar-refractivity contribution in [3.8, 4) is 0 Å². The molecule has 3 atom stereocenters. The third kappa shape index (κ3) is 4.83. The Morgan fingerprint density at radius 1 is 1.11 bits per heavy atom. The lowest BCUT2D eigenvalue weighted by molar-refractivity contribution is -0.143. The summed E-state index contributed by atoms with van der Waals surface area (Å²) in [5, 5.41) is 3.14. The molecule has 4 fully saturated rings. The molecular formula is C28H39N3O5. The van der Waals surface area contributed by atoms with E-state index >= 15 is 0 Å². The number of amides is 2. The van der Waals surface area contributed by atoms with Crippen LogP contribution in [0.2, 0.25) is 0 Å². The maximum Gasteiger partial charge on any atom is 0.252 e. The van der Waals surface area contributed by atoms with E-state index in [4.69, 9.17) is 9.47 Å². The molecule has 1 N–H and O–H groups in total. The Balaban J connectivity index is 1.33. The van der Waals surface area contributed by atoms with E-state index in [1.54, 1.807) is 4.90 Å². The van der Waals surface area contributed by atoms with Gasteiger partial charge < -0.3 is 24.6 Å². The van der Waals surface area contributed by atoms with E-state index in [-0.39, 0.29) is 30.3 Å². The van der Waals surface area contributed by atoms with Gasteiger partial charge in [-0.3, -0.25) is 14.4 Å². The molecular weight excluding hydrogens is 458 g/mol. The first kappa shape index (κ1) is 25.4. The molecule has 8 nitrogen and oxygen atoms in total. The highest BCUT2D eigenvalue weighted by molar-refractivity contribution is 6.01. The highest BCUT2D eigenvalue weighted by atomic mass is 16.6. The average molecular weight is 498 g/mol. The van der Waals surface area contributed by atoms with Crippen molar-refractivity contribution in [2.24, 2.45) is 0 Å². The predicted octanol–water partition coefficient (Wildman–Crippen LogP) is 2.51. The summed E-state index contributed by atoms with van der Waals surface area (Å²) < 4.78 is 11.5. The number of carbonyl (C=O) groups is 3. The van der Waals surface area contributed by atoms with Gasteiger partial charge in [0.25, 0.3) is 5.91 Å². The van der Waals surface area contributed by atoms with Gasteiger partial charge in [-0.15, -0.1) is 0 Å². The third-order valence-electron chi connectivity index (χ3n) is 8.61. The summed E-state index contributed by atoms with van der Waals surface area (Å²) in [4.78, 5) is 44.1. The van der Waals surface area contributed by atoms with Crippen molar-refractivity contribution >= 4 is 17.6 Å². The maximum atomic E-state index is 14.1. The fourth-order valence-corrected chi connectivity index (χ4v) is 6.54. The van der Waals surface area contributed by atoms with E-state index in [2.05, 4.69) is 29.4 Å². The summed E-state index contributed by atoms with van der Waals surface area (Å²) in [5.74, 6) is 0.0373. The number of carbonyl (C=O) groups excluding carboxylic acids is 3. The molecule has 0 spiro atoms. The van der Waals surface area contributed by atoms with Crippen LogP contribution in [0.1, 0.15) is 73.7 Å². The van der Waals surface area contributed by atoms with Gasteiger partial charge in [-0.2, -0.15) is 0 Å². The van der Waals surface area contributed by atoms with Crippen LogP contribution in [-0.2, 0) is 19.1 Å². The lowest BCUT2D eigenvalue weighted by Gasteiger charge is -2.40. The summed E-state index contributed by atoms with van der Waals surface area (Å²) in [6, 6.07) is 7.27. The monoisotopic (exact) mass is 497 g/mol. The highest BCUT2D eigenvalue weighted by Gasteiger charge is 2.56. The van der Waals surface area contributed by atoms with Gasteiger partial charge in [0, 0.05) is 12.2 Å². The average Bonchev–Trinajstić information content (AvgIpc) is 3.45. The first-order chi connectivity index (χ1) is 17.4. The van der Waals surface area contributed by atoms with Crippen LogP contribution in [0, 0.1) is 0 Å². The maximum absolute atomic E-state index is 14.1. The number of likely N-dealkylation sites (tertiary alicyclic amines) is 2. The first-order valence-corrected chi connectivity index (χ1v) is 13.6. The number of ketones is 1. The van der Waals surface area contributed by atoms with Crippen LogP contribution in [0.4, 0.5) is 0 Å². The Morgan fingerprint density at radius 3 is 2.47 bits per heavy atom. The SMILES string of the molecule is CCO[C@H]1CN(C(=O)C2(NC(=O)c3ccc(C4CCN(C)CC4)cc3)CCCCC2)[C@@H]2C(=O)CO[C@H]12. The summed E-state index contributed by atoms with van der Waals surface area (Å²) in [7, 11) is 2.15. The lowest BCUT2D eigenvalue weighted by atomic mass is 9.80. The number of nitrogens with one attached hydrogen (secondary N) is 1. The quantitative estimate of drug-likeness (QED) is 0.650. The molecule has 36 heavy (non-hydrogen) atoms. The van der Waals surface area contributed by atoms with E-state index < -0.39 is 17.7 Å². The molecule has 196 valence electrons. The molecule has 0 radical (unpaired) electrons. The van der Waals surface area contributed by atoms with Gasteiger partial charge in [0.1, 0.15) is 30.4 Å². The van der Waals surface area contributed by atoms with Crippen molar-refractivity contribution in [2.75, 3.05) is 39.9 Å². The molecule has 1 aromatic rings. The molecule has 3 aliphatic heterocycles. The van der Waals surface area contributed by atoms with Crippen LogP contribution in [0.3, 0.4) is 0 Å².